The summed E-state index contributed by atoms with van der Waals surface area (Å²) in [6.45, 7) is 18.4. The molecule has 0 aliphatic carbocycles. The average molecular weight is 300 g/mol. The first-order valence-corrected chi connectivity index (χ1v) is 9.29. The maximum Gasteiger partial charge on any atom is 0.00451 e. The molecule has 1 atom stereocenters. The van der Waals surface area contributed by atoms with Crippen LogP contribution in [0.25, 0.3) is 5.30 Å². The van der Waals surface area contributed by atoms with Gasteiger partial charge in [-0.3, -0.25) is 0 Å². The summed E-state index contributed by atoms with van der Waals surface area (Å²) in [5, 5.41) is 1.57. The van der Waals surface area contributed by atoms with Crippen molar-refractivity contribution in [2.45, 2.75) is 66.2 Å². The topological polar surface area (TPSA) is 0 Å². The summed E-state index contributed by atoms with van der Waals surface area (Å²) in [4.78, 5) is 0. The van der Waals surface area contributed by atoms with Gasteiger partial charge >= 0.3 is 0 Å². The van der Waals surface area contributed by atoms with Crippen molar-refractivity contribution in [2.75, 3.05) is 0 Å². The van der Waals surface area contributed by atoms with Crippen molar-refractivity contribution in [3.63, 3.8) is 0 Å². The molecule has 0 nitrogen and oxygen atoms in total. The van der Waals surface area contributed by atoms with Crippen LogP contribution in [0.4, 0.5) is 0 Å². The minimum absolute atomic E-state index is 0.182. The zero-order chi connectivity index (χ0) is 16.0. The highest BCUT2D eigenvalue weighted by Crippen LogP contribution is 2.49. The van der Waals surface area contributed by atoms with E-state index in [0.717, 1.165) is 0 Å². The Morgan fingerprint density at radius 2 is 1.48 bits per heavy atom. The van der Waals surface area contributed by atoms with Crippen LogP contribution in [0.5, 0.6) is 0 Å². The Kier molecular flexibility index (Phi) is 4.15. The monoisotopic (exact) mass is 300 g/mol. The highest BCUT2D eigenvalue weighted by molar-refractivity contribution is 7.56. The van der Waals surface area contributed by atoms with Gasteiger partial charge in [0, 0.05) is 5.30 Å². The number of aryl methyl sites for hydroxylation is 2. The first kappa shape index (κ1) is 16.4. The highest BCUT2D eigenvalue weighted by Gasteiger charge is 2.24. The third kappa shape index (κ3) is 3.43. The molecule has 0 N–H and O–H groups in total. The fourth-order valence-corrected chi connectivity index (χ4v) is 5.20. The molecule has 0 saturated heterocycles. The molecule has 0 spiro atoms. The maximum absolute atomic E-state index is 2.46. The summed E-state index contributed by atoms with van der Waals surface area (Å²) in [5.41, 5.74) is 6.21. The Hall–Kier alpha value is -1.00. The van der Waals surface area contributed by atoms with E-state index < -0.39 is 0 Å². The Morgan fingerprint density at radius 1 is 0.857 bits per heavy atom. The second-order valence-electron chi connectivity index (χ2n) is 8.29. The standard InChI is InChI=1S/C20H29P/c1-14-9-10-21(13-14)18-15(2)11-16(19(3,4)5)12-17(18)20(6,7)8/h9-13H,1-8H3. The number of rotatable bonds is 1. The van der Waals surface area contributed by atoms with Gasteiger partial charge in [0.05, 0.1) is 0 Å². The zero-order valence-electron chi connectivity index (χ0n) is 14.8. The Balaban J connectivity index is 2.76. The molecule has 1 heteroatoms. The van der Waals surface area contributed by atoms with Crippen molar-refractivity contribution in [2.24, 2.45) is 0 Å². The Bertz CT molecular complexity index is 645. The zero-order valence-corrected chi connectivity index (χ0v) is 15.7. The molecule has 1 aromatic carbocycles. The van der Waals surface area contributed by atoms with Gasteiger partial charge < -0.3 is 0 Å². The second-order valence-corrected chi connectivity index (χ2v) is 10.1. The summed E-state index contributed by atoms with van der Waals surface area (Å²) < 4.78 is 0. The molecule has 1 unspecified atom stereocenters. The van der Waals surface area contributed by atoms with E-state index in [0.29, 0.717) is 0 Å². The molecule has 2 aromatic rings. The lowest BCUT2D eigenvalue weighted by molar-refractivity contribution is 0.570. The first-order chi connectivity index (χ1) is 9.50. The summed E-state index contributed by atoms with van der Waals surface area (Å²) in [6.07, 6.45) is 0. The van der Waals surface area contributed by atoms with Crippen LogP contribution in [0.3, 0.4) is 0 Å². The van der Waals surface area contributed by atoms with Crippen LogP contribution < -0.4 is 0 Å². The summed E-state index contributed by atoms with van der Waals surface area (Å²) in [5.74, 6) is 4.85. The SMILES string of the molecule is Cc1ccp(-c2c(C)cc(C(C)(C)C)cc2C(C)(C)C)c1. The van der Waals surface area contributed by atoms with Gasteiger partial charge in [-0.05, 0) is 58.5 Å². The van der Waals surface area contributed by atoms with Crippen molar-refractivity contribution in [3.8, 4) is 5.30 Å². The fraction of sp³-hybridized carbons (Fsp3) is 0.500. The lowest BCUT2D eigenvalue weighted by Gasteiger charge is -2.29. The van der Waals surface area contributed by atoms with Crippen molar-refractivity contribution in [1.29, 1.82) is 0 Å². The van der Waals surface area contributed by atoms with E-state index in [1.54, 1.807) is 5.30 Å². The number of benzene rings is 1. The van der Waals surface area contributed by atoms with Gasteiger partial charge in [-0.1, -0.05) is 67.3 Å². The third-order valence-electron chi connectivity index (χ3n) is 4.07. The van der Waals surface area contributed by atoms with Gasteiger partial charge in [-0.25, -0.2) is 0 Å². The van der Waals surface area contributed by atoms with Crippen molar-refractivity contribution in [3.05, 3.63) is 52.0 Å². The molecular formula is C20H29P. The molecule has 0 aliphatic heterocycles. The van der Waals surface area contributed by atoms with E-state index in [2.05, 4.69) is 85.2 Å². The number of hydrogen-bond acceptors (Lipinski definition) is 0. The quantitative estimate of drug-likeness (QED) is 0.539. The van der Waals surface area contributed by atoms with Crippen molar-refractivity contribution in [1.82, 2.24) is 0 Å². The van der Waals surface area contributed by atoms with Gasteiger partial charge in [0.15, 0.2) is 0 Å². The molecule has 1 aromatic heterocycles. The molecule has 0 aliphatic rings. The molecule has 0 amide bonds. The van der Waals surface area contributed by atoms with Crippen LogP contribution in [0.15, 0.2) is 29.8 Å². The second kappa shape index (κ2) is 5.33. The van der Waals surface area contributed by atoms with Gasteiger partial charge in [-0.15, -0.1) is 0 Å². The lowest BCUT2D eigenvalue weighted by Crippen LogP contribution is -2.17. The van der Waals surface area contributed by atoms with Gasteiger partial charge in [0.25, 0.3) is 0 Å². The summed E-state index contributed by atoms with van der Waals surface area (Å²) in [7, 11) is -0.276. The van der Waals surface area contributed by atoms with Crippen molar-refractivity contribution < 1.29 is 0 Å². The lowest BCUT2D eigenvalue weighted by atomic mass is 9.79. The number of hydrogen-bond donors (Lipinski definition) is 0. The van der Waals surface area contributed by atoms with Gasteiger partial charge in [0.2, 0.25) is 0 Å². The van der Waals surface area contributed by atoms with E-state index in [1.807, 2.05) is 0 Å². The third-order valence-corrected chi connectivity index (χ3v) is 6.34. The van der Waals surface area contributed by atoms with Crippen LogP contribution in [0.1, 0.15) is 63.8 Å². The minimum atomic E-state index is -0.276. The van der Waals surface area contributed by atoms with Crippen LogP contribution in [0.2, 0.25) is 0 Å². The van der Waals surface area contributed by atoms with E-state index >= 15 is 0 Å². The van der Waals surface area contributed by atoms with E-state index in [4.69, 9.17) is 0 Å². The molecule has 1 heterocycles. The molecule has 0 saturated carbocycles. The fourth-order valence-electron chi connectivity index (χ4n) is 2.77. The molecule has 21 heavy (non-hydrogen) atoms. The normalized spacial score (nSPS) is 13.6. The molecule has 0 fully saturated rings. The molecule has 2 rings (SSSR count). The predicted octanol–water partition coefficient (Wildman–Crippen LogP) is 6.87. The summed E-state index contributed by atoms with van der Waals surface area (Å²) >= 11 is 0. The van der Waals surface area contributed by atoms with E-state index in [1.165, 1.54) is 22.3 Å². The smallest absolute Gasteiger partial charge is 0.00451 e. The van der Waals surface area contributed by atoms with E-state index in [9.17, 15) is 0 Å². The highest BCUT2D eigenvalue weighted by atomic mass is 31.1. The van der Waals surface area contributed by atoms with Crippen LogP contribution in [-0.4, -0.2) is 0 Å². The Morgan fingerprint density at radius 3 is 1.90 bits per heavy atom. The minimum Gasteiger partial charge on any atom is -0.0926 e. The van der Waals surface area contributed by atoms with Crippen LogP contribution in [-0.2, 0) is 10.8 Å². The average Bonchev–Trinajstić information content (AvgIpc) is 2.72. The van der Waals surface area contributed by atoms with Gasteiger partial charge in [0.1, 0.15) is 0 Å². The Labute approximate surface area is 131 Å². The first-order valence-electron chi connectivity index (χ1n) is 7.81. The molecule has 0 radical (unpaired) electrons. The predicted molar refractivity (Wildman–Crippen MR) is 97.4 cm³/mol. The summed E-state index contributed by atoms with van der Waals surface area (Å²) in [6, 6.07) is 7.14. The van der Waals surface area contributed by atoms with E-state index in [-0.39, 0.29) is 18.4 Å². The molecule has 114 valence electrons. The van der Waals surface area contributed by atoms with Gasteiger partial charge in [-0.2, -0.15) is 0 Å². The van der Waals surface area contributed by atoms with Crippen LogP contribution >= 0.6 is 7.53 Å². The molecule has 0 bridgehead atoms. The van der Waals surface area contributed by atoms with Crippen molar-refractivity contribution >= 4 is 7.53 Å². The largest absolute Gasteiger partial charge is 0.0926 e. The van der Waals surface area contributed by atoms with Crippen LogP contribution in [0, 0.1) is 13.8 Å². The maximum atomic E-state index is 2.46. The molecular weight excluding hydrogens is 271 g/mol.